The second-order valence-corrected chi connectivity index (χ2v) is 6.89. The summed E-state index contributed by atoms with van der Waals surface area (Å²) in [7, 11) is 0. The van der Waals surface area contributed by atoms with Crippen LogP contribution in [-0.4, -0.2) is 47.7 Å². The molecule has 1 fully saturated rings. The van der Waals surface area contributed by atoms with Crippen LogP contribution in [0.1, 0.15) is 12.8 Å². The zero-order valence-corrected chi connectivity index (χ0v) is 14.9. The van der Waals surface area contributed by atoms with Crippen molar-refractivity contribution in [3.05, 3.63) is 55.1 Å². The van der Waals surface area contributed by atoms with E-state index >= 15 is 0 Å². The lowest BCUT2D eigenvalue weighted by atomic mass is 9.97. The van der Waals surface area contributed by atoms with Gasteiger partial charge < -0.3 is 4.90 Å². The van der Waals surface area contributed by atoms with Crippen LogP contribution in [0.25, 0.3) is 17.0 Å². The standard InChI is InChI=1S/C19H20N8/c1-2-4-16(5-3-1)17-12-18(27-19(23-17)20-14-22-27)25-9-6-15(7-10-25)13-26-11-8-21-24-26/h1-5,8,11-12,14-15H,6-7,9-10,13H2. The van der Waals surface area contributed by atoms with Crippen LogP contribution in [-0.2, 0) is 6.54 Å². The first kappa shape index (κ1) is 15.9. The van der Waals surface area contributed by atoms with Crippen molar-refractivity contribution in [3.63, 3.8) is 0 Å². The second-order valence-electron chi connectivity index (χ2n) is 6.89. The number of piperidine rings is 1. The fourth-order valence-corrected chi connectivity index (χ4v) is 3.72. The predicted octanol–water partition coefficient (Wildman–Crippen LogP) is 2.30. The third kappa shape index (κ3) is 3.14. The lowest BCUT2D eigenvalue weighted by molar-refractivity contribution is 0.337. The van der Waals surface area contributed by atoms with Gasteiger partial charge in [-0.2, -0.15) is 14.6 Å². The summed E-state index contributed by atoms with van der Waals surface area (Å²) in [6.45, 7) is 2.89. The van der Waals surface area contributed by atoms with Crippen LogP contribution in [0.2, 0.25) is 0 Å². The molecule has 4 aromatic rings. The molecule has 0 unspecified atom stereocenters. The predicted molar refractivity (Wildman–Crippen MR) is 101 cm³/mol. The molecule has 3 aromatic heterocycles. The maximum Gasteiger partial charge on any atom is 0.254 e. The quantitative estimate of drug-likeness (QED) is 0.556. The Kier molecular flexibility index (Phi) is 4.00. The molecular weight excluding hydrogens is 340 g/mol. The smallest absolute Gasteiger partial charge is 0.254 e. The van der Waals surface area contributed by atoms with Crippen molar-refractivity contribution >= 4 is 11.6 Å². The first-order chi connectivity index (χ1) is 13.4. The van der Waals surface area contributed by atoms with Gasteiger partial charge in [0.25, 0.3) is 5.78 Å². The number of fused-ring (bicyclic) bond motifs is 1. The Morgan fingerprint density at radius 3 is 2.70 bits per heavy atom. The monoisotopic (exact) mass is 360 g/mol. The van der Waals surface area contributed by atoms with E-state index in [1.807, 2.05) is 33.6 Å². The third-order valence-corrected chi connectivity index (χ3v) is 5.16. The van der Waals surface area contributed by atoms with Crippen molar-refractivity contribution in [3.8, 4) is 11.3 Å². The summed E-state index contributed by atoms with van der Waals surface area (Å²) in [6, 6.07) is 12.3. The van der Waals surface area contributed by atoms with Gasteiger partial charge in [0.05, 0.1) is 11.9 Å². The lowest BCUT2D eigenvalue weighted by Gasteiger charge is -2.33. The Morgan fingerprint density at radius 2 is 1.93 bits per heavy atom. The van der Waals surface area contributed by atoms with E-state index in [1.165, 1.54) is 0 Å². The molecule has 0 atom stereocenters. The highest BCUT2D eigenvalue weighted by molar-refractivity contribution is 5.65. The number of hydrogen-bond donors (Lipinski definition) is 0. The van der Waals surface area contributed by atoms with E-state index in [-0.39, 0.29) is 0 Å². The van der Waals surface area contributed by atoms with E-state index < -0.39 is 0 Å². The van der Waals surface area contributed by atoms with E-state index in [0.717, 1.165) is 49.6 Å². The molecule has 0 aliphatic carbocycles. The Hall–Kier alpha value is -3.29. The molecule has 0 bridgehead atoms. The number of hydrogen-bond acceptors (Lipinski definition) is 6. The van der Waals surface area contributed by atoms with Gasteiger partial charge in [-0.3, -0.25) is 4.68 Å². The zero-order valence-electron chi connectivity index (χ0n) is 14.9. The van der Waals surface area contributed by atoms with Crippen LogP contribution in [0.3, 0.4) is 0 Å². The van der Waals surface area contributed by atoms with Gasteiger partial charge in [0.15, 0.2) is 0 Å². The molecule has 1 aromatic carbocycles. The molecular formula is C19H20N8. The summed E-state index contributed by atoms with van der Waals surface area (Å²) in [5, 5.41) is 12.4. The van der Waals surface area contributed by atoms with Crippen LogP contribution in [0.4, 0.5) is 5.82 Å². The van der Waals surface area contributed by atoms with E-state index in [1.54, 1.807) is 12.5 Å². The fraction of sp³-hybridized carbons (Fsp3) is 0.316. The van der Waals surface area contributed by atoms with E-state index in [4.69, 9.17) is 0 Å². The first-order valence-electron chi connectivity index (χ1n) is 9.22. The molecule has 0 saturated carbocycles. The summed E-state index contributed by atoms with van der Waals surface area (Å²) in [4.78, 5) is 11.4. The second kappa shape index (κ2) is 6.79. The summed E-state index contributed by atoms with van der Waals surface area (Å²) in [6.07, 6.45) is 7.45. The summed E-state index contributed by atoms with van der Waals surface area (Å²) in [5.74, 6) is 2.30. The highest BCUT2D eigenvalue weighted by Gasteiger charge is 2.23. The molecule has 0 N–H and O–H groups in total. The van der Waals surface area contributed by atoms with Gasteiger partial charge in [-0.15, -0.1) is 5.10 Å². The number of aromatic nitrogens is 7. The lowest BCUT2D eigenvalue weighted by Crippen LogP contribution is -2.36. The molecule has 5 rings (SSSR count). The maximum absolute atomic E-state index is 4.67. The summed E-state index contributed by atoms with van der Waals surface area (Å²) >= 11 is 0. The molecule has 8 nitrogen and oxygen atoms in total. The summed E-state index contributed by atoms with van der Waals surface area (Å²) in [5.41, 5.74) is 2.01. The van der Waals surface area contributed by atoms with E-state index in [9.17, 15) is 0 Å². The highest BCUT2D eigenvalue weighted by atomic mass is 15.4. The van der Waals surface area contributed by atoms with Crippen molar-refractivity contribution in [2.45, 2.75) is 19.4 Å². The minimum atomic E-state index is 0.615. The van der Waals surface area contributed by atoms with Gasteiger partial charge in [-0.05, 0) is 18.8 Å². The van der Waals surface area contributed by atoms with Crippen molar-refractivity contribution in [2.75, 3.05) is 18.0 Å². The topological polar surface area (TPSA) is 77.0 Å². The summed E-state index contributed by atoms with van der Waals surface area (Å²) < 4.78 is 3.76. The molecule has 0 radical (unpaired) electrons. The fourth-order valence-electron chi connectivity index (χ4n) is 3.72. The van der Waals surface area contributed by atoms with E-state index in [2.05, 4.69) is 48.5 Å². The number of rotatable bonds is 4. The van der Waals surface area contributed by atoms with Gasteiger partial charge in [0.1, 0.15) is 12.1 Å². The van der Waals surface area contributed by atoms with Crippen LogP contribution in [0, 0.1) is 5.92 Å². The van der Waals surface area contributed by atoms with Gasteiger partial charge in [0, 0.05) is 37.5 Å². The molecule has 136 valence electrons. The zero-order chi connectivity index (χ0) is 18.1. The third-order valence-electron chi connectivity index (χ3n) is 5.16. The van der Waals surface area contributed by atoms with Crippen LogP contribution >= 0.6 is 0 Å². The SMILES string of the molecule is c1ccc(-c2cc(N3CCC(Cn4ccnn4)CC3)n3ncnc3n2)cc1. The molecule has 27 heavy (non-hydrogen) atoms. The van der Waals surface area contributed by atoms with Gasteiger partial charge >= 0.3 is 0 Å². The Bertz CT molecular complexity index is 1020. The first-order valence-corrected chi connectivity index (χ1v) is 9.22. The molecule has 0 spiro atoms. The highest BCUT2D eigenvalue weighted by Crippen LogP contribution is 2.27. The van der Waals surface area contributed by atoms with Crippen LogP contribution < -0.4 is 4.90 Å². The van der Waals surface area contributed by atoms with Crippen molar-refractivity contribution in [1.29, 1.82) is 0 Å². The number of nitrogens with zero attached hydrogens (tertiary/aromatic N) is 8. The molecule has 4 heterocycles. The maximum atomic E-state index is 4.67. The molecule has 0 amide bonds. The molecule has 1 saturated heterocycles. The number of benzene rings is 1. The van der Waals surface area contributed by atoms with Crippen molar-refractivity contribution in [2.24, 2.45) is 5.92 Å². The van der Waals surface area contributed by atoms with Gasteiger partial charge in [0.2, 0.25) is 0 Å². The molecule has 8 heteroatoms. The van der Waals surface area contributed by atoms with Crippen LogP contribution in [0.15, 0.2) is 55.1 Å². The van der Waals surface area contributed by atoms with Crippen molar-refractivity contribution in [1.82, 2.24) is 34.6 Å². The average Bonchev–Trinajstić information content (AvgIpc) is 3.40. The largest absolute Gasteiger partial charge is 0.356 e. The van der Waals surface area contributed by atoms with Gasteiger partial charge in [-0.25, -0.2) is 4.98 Å². The number of anilines is 1. The van der Waals surface area contributed by atoms with Crippen molar-refractivity contribution < 1.29 is 0 Å². The minimum absolute atomic E-state index is 0.615. The minimum Gasteiger partial charge on any atom is -0.356 e. The van der Waals surface area contributed by atoms with Crippen LogP contribution in [0.5, 0.6) is 0 Å². The normalized spacial score (nSPS) is 15.5. The Labute approximate surface area is 156 Å². The molecule has 1 aliphatic rings. The average molecular weight is 360 g/mol. The van der Waals surface area contributed by atoms with Gasteiger partial charge in [-0.1, -0.05) is 35.5 Å². The Balaban J connectivity index is 1.41. The Morgan fingerprint density at radius 1 is 1.07 bits per heavy atom. The van der Waals surface area contributed by atoms with E-state index in [0.29, 0.717) is 11.7 Å². The molecule has 1 aliphatic heterocycles.